The Kier molecular flexibility index (Phi) is 5.74. The number of aliphatic imine (C=N–C) groups is 1. The lowest BCUT2D eigenvalue weighted by Crippen LogP contribution is -2.40. The van der Waals surface area contributed by atoms with Gasteiger partial charge in [0.2, 0.25) is 0 Å². The molecule has 0 saturated carbocycles. The van der Waals surface area contributed by atoms with Gasteiger partial charge in [-0.2, -0.15) is 0 Å². The van der Waals surface area contributed by atoms with Crippen molar-refractivity contribution < 1.29 is 9.47 Å². The van der Waals surface area contributed by atoms with Gasteiger partial charge in [-0.15, -0.1) is 0 Å². The molecule has 1 aliphatic heterocycles. The quantitative estimate of drug-likeness (QED) is 0.669. The Labute approximate surface area is 139 Å². The number of nitrogens with one attached hydrogen (secondary N) is 1. The maximum Gasteiger partial charge on any atom is 0.194 e. The summed E-state index contributed by atoms with van der Waals surface area (Å²) in [6.07, 6.45) is 1.20. The molecule has 0 amide bonds. The summed E-state index contributed by atoms with van der Waals surface area (Å²) in [6, 6.07) is 5.94. The van der Waals surface area contributed by atoms with Crippen molar-refractivity contribution in [1.29, 1.82) is 0 Å². The zero-order valence-corrected chi connectivity index (χ0v) is 15.0. The standard InChI is InChI=1S/C18H29N3O2/c1-6-19-17(21-10-9-18(2,3)13-21)20-12-14-7-8-15(22-4)16(11-14)23-5/h7-8,11H,6,9-10,12-13H2,1-5H3,(H,19,20). The Hall–Kier alpha value is -1.91. The molecule has 1 heterocycles. The number of hydrogen-bond acceptors (Lipinski definition) is 3. The highest BCUT2D eigenvalue weighted by Crippen LogP contribution is 2.29. The molecule has 2 rings (SSSR count). The van der Waals surface area contributed by atoms with Crippen LogP contribution in [0.15, 0.2) is 23.2 Å². The highest BCUT2D eigenvalue weighted by atomic mass is 16.5. The van der Waals surface area contributed by atoms with Crippen molar-refractivity contribution in [3.8, 4) is 11.5 Å². The molecule has 0 aromatic heterocycles. The largest absolute Gasteiger partial charge is 0.493 e. The lowest BCUT2D eigenvalue weighted by molar-refractivity contribution is 0.354. The van der Waals surface area contributed by atoms with Crippen molar-refractivity contribution in [3.05, 3.63) is 23.8 Å². The van der Waals surface area contributed by atoms with Crippen molar-refractivity contribution in [2.24, 2.45) is 10.4 Å². The van der Waals surface area contributed by atoms with Crippen molar-refractivity contribution in [3.63, 3.8) is 0 Å². The number of ether oxygens (including phenoxy) is 2. The van der Waals surface area contributed by atoms with Crippen LogP contribution in [-0.4, -0.2) is 44.7 Å². The summed E-state index contributed by atoms with van der Waals surface area (Å²) < 4.78 is 10.6. The normalized spacial score (nSPS) is 17.3. The van der Waals surface area contributed by atoms with E-state index in [1.54, 1.807) is 14.2 Å². The topological polar surface area (TPSA) is 46.1 Å². The van der Waals surface area contributed by atoms with Crippen LogP contribution in [-0.2, 0) is 6.54 Å². The van der Waals surface area contributed by atoms with E-state index >= 15 is 0 Å². The van der Waals surface area contributed by atoms with E-state index in [1.165, 1.54) is 6.42 Å². The molecule has 1 saturated heterocycles. The molecule has 0 atom stereocenters. The maximum absolute atomic E-state index is 5.36. The Morgan fingerprint density at radius 1 is 1.26 bits per heavy atom. The van der Waals surface area contributed by atoms with Crippen molar-refractivity contribution in [2.75, 3.05) is 33.9 Å². The van der Waals surface area contributed by atoms with Crippen LogP contribution in [0.4, 0.5) is 0 Å². The molecule has 1 aromatic rings. The van der Waals surface area contributed by atoms with Crippen LogP contribution < -0.4 is 14.8 Å². The predicted octanol–water partition coefficient (Wildman–Crippen LogP) is 2.90. The first-order valence-corrected chi connectivity index (χ1v) is 8.23. The number of benzene rings is 1. The Morgan fingerprint density at radius 3 is 2.57 bits per heavy atom. The molecule has 0 unspecified atom stereocenters. The van der Waals surface area contributed by atoms with Crippen LogP contribution >= 0.6 is 0 Å². The number of rotatable bonds is 5. The van der Waals surface area contributed by atoms with E-state index in [4.69, 9.17) is 14.5 Å². The molecule has 128 valence electrons. The summed E-state index contributed by atoms with van der Waals surface area (Å²) in [7, 11) is 3.30. The second-order valence-corrected chi connectivity index (χ2v) is 6.70. The zero-order chi connectivity index (χ0) is 16.9. The molecule has 1 aromatic carbocycles. The van der Waals surface area contributed by atoms with Crippen LogP contribution in [0.25, 0.3) is 0 Å². The van der Waals surface area contributed by atoms with Gasteiger partial charge in [-0.25, -0.2) is 4.99 Å². The number of methoxy groups -OCH3 is 2. The first kappa shape index (κ1) is 17.4. The molecular weight excluding hydrogens is 290 g/mol. The molecule has 0 bridgehead atoms. The minimum Gasteiger partial charge on any atom is -0.493 e. The van der Waals surface area contributed by atoms with Gasteiger partial charge in [0.15, 0.2) is 17.5 Å². The summed E-state index contributed by atoms with van der Waals surface area (Å²) in [5, 5.41) is 3.40. The minimum atomic E-state index is 0.361. The second-order valence-electron chi connectivity index (χ2n) is 6.70. The predicted molar refractivity (Wildman–Crippen MR) is 94.3 cm³/mol. The van der Waals surface area contributed by atoms with Crippen LogP contribution in [0.5, 0.6) is 11.5 Å². The highest BCUT2D eigenvalue weighted by molar-refractivity contribution is 5.80. The monoisotopic (exact) mass is 319 g/mol. The van der Waals surface area contributed by atoms with Gasteiger partial charge in [-0.05, 0) is 36.5 Å². The van der Waals surface area contributed by atoms with E-state index in [2.05, 4.69) is 31.0 Å². The van der Waals surface area contributed by atoms with Crippen molar-refractivity contribution >= 4 is 5.96 Å². The Morgan fingerprint density at radius 2 is 2.00 bits per heavy atom. The number of guanidine groups is 1. The highest BCUT2D eigenvalue weighted by Gasteiger charge is 2.30. The van der Waals surface area contributed by atoms with Gasteiger partial charge in [0, 0.05) is 19.6 Å². The maximum atomic E-state index is 5.36. The fourth-order valence-electron chi connectivity index (χ4n) is 2.86. The number of hydrogen-bond donors (Lipinski definition) is 1. The van der Waals surface area contributed by atoms with Crippen molar-refractivity contribution in [2.45, 2.75) is 33.7 Å². The zero-order valence-electron chi connectivity index (χ0n) is 15.0. The van der Waals surface area contributed by atoms with E-state index in [1.807, 2.05) is 18.2 Å². The van der Waals surface area contributed by atoms with Crippen molar-refractivity contribution in [1.82, 2.24) is 10.2 Å². The molecule has 5 nitrogen and oxygen atoms in total. The van der Waals surface area contributed by atoms with Gasteiger partial charge in [0.05, 0.1) is 20.8 Å². The van der Waals surface area contributed by atoms with Crippen LogP contribution in [0.3, 0.4) is 0 Å². The molecule has 1 N–H and O–H groups in total. The molecule has 1 aliphatic rings. The fourth-order valence-corrected chi connectivity index (χ4v) is 2.86. The molecule has 1 fully saturated rings. The van der Waals surface area contributed by atoms with Crippen LogP contribution in [0, 0.1) is 5.41 Å². The third-order valence-corrected chi connectivity index (χ3v) is 4.17. The van der Waals surface area contributed by atoms with E-state index in [9.17, 15) is 0 Å². The summed E-state index contributed by atoms with van der Waals surface area (Å²) >= 11 is 0. The molecule has 0 spiro atoms. The van der Waals surface area contributed by atoms with Gasteiger partial charge >= 0.3 is 0 Å². The second kappa shape index (κ2) is 7.57. The third-order valence-electron chi connectivity index (χ3n) is 4.17. The van der Waals surface area contributed by atoms with Gasteiger partial charge in [-0.3, -0.25) is 0 Å². The van der Waals surface area contributed by atoms with E-state index in [-0.39, 0.29) is 0 Å². The van der Waals surface area contributed by atoms with Gasteiger partial charge in [0.1, 0.15) is 0 Å². The average molecular weight is 319 g/mol. The molecule has 5 heteroatoms. The lowest BCUT2D eigenvalue weighted by atomic mass is 9.93. The lowest BCUT2D eigenvalue weighted by Gasteiger charge is -2.23. The SMILES string of the molecule is CCNC(=NCc1ccc(OC)c(OC)c1)N1CCC(C)(C)C1. The Bertz CT molecular complexity index is 555. The molecule has 0 radical (unpaired) electrons. The number of nitrogens with zero attached hydrogens (tertiary/aromatic N) is 2. The molecular formula is C18H29N3O2. The summed E-state index contributed by atoms with van der Waals surface area (Å²) in [5.41, 5.74) is 1.47. The smallest absolute Gasteiger partial charge is 0.194 e. The van der Waals surface area contributed by atoms with Crippen LogP contribution in [0.2, 0.25) is 0 Å². The number of likely N-dealkylation sites (tertiary alicyclic amines) is 1. The first-order valence-electron chi connectivity index (χ1n) is 8.23. The van der Waals surface area contributed by atoms with Gasteiger partial charge in [-0.1, -0.05) is 19.9 Å². The van der Waals surface area contributed by atoms with Gasteiger partial charge in [0.25, 0.3) is 0 Å². The van der Waals surface area contributed by atoms with Crippen LogP contribution in [0.1, 0.15) is 32.8 Å². The molecule has 0 aliphatic carbocycles. The third kappa shape index (κ3) is 4.53. The minimum absolute atomic E-state index is 0.361. The average Bonchev–Trinajstić information content (AvgIpc) is 2.91. The van der Waals surface area contributed by atoms with Gasteiger partial charge < -0.3 is 19.7 Å². The first-order chi connectivity index (χ1) is 11.0. The van der Waals surface area contributed by atoms with E-state index < -0.39 is 0 Å². The Balaban J connectivity index is 2.11. The molecule has 23 heavy (non-hydrogen) atoms. The summed E-state index contributed by atoms with van der Waals surface area (Å²) in [4.78, 5) is 7.15. The summed E-state index contributed by atoms with van der Waals surface area (Å²) in [5.74, 6) is 2.48. The van der Waals surface area contributed by atoms with E-state index in [0.717, 1.165) is 42.7 Å². The van der Waals surface area contributed by atoms with E-state index in [0.29, 0.717) is 12.0 Å². The fraction of sp³-hybridized carbons (Fsp3) is 0.611. The summed E-state index contributed by atoms with van der Waals surface area (Å²) in [6.45, 7) is 10.3.